The molecule has 0 radical (unpaired) electrons. The van der Waals surface area contributed by atoms with Gasteiger partial charge in [0.05, 0.1) is 22.2 Å². The van der Waals surface area contributed by atoms with E-state index in [0.717, 1.165) is 23.9 Å². The second kappa shape index (κ2) is 5.72. The number of hydrogen-bond acceptors (Lipinski definition) is 6. The maximum absolute atomic E-state index is 10.7. The molecule has 7 heteroatoms. The van der Waals surface area contributed by atoms with Gasteiger partial charge in [-0.2, -0.15) is 0 Å². The molecular weight excluding hydrogens is 276 g/mol. The Bertz CT molecular complexity index is 643. The van der Waals surface area contributed by atoms with Gasteiger partial charge in [0.1, 0.15) is 5.03 Å². The van der Waals surface area contributed by atoms with E-state index in [1.807, 2.05) is 0 Å². The average molecular weight is 290 g/mol. The first-order chi connectivity index (χ1) is 9.72. The second-order valence-corrected chi connectivity index (χ2v) is 5.85. The normalized spacial score (nSPS) is 18.5. The van der Waals surface area contributed by atoms with E-state index in [1.165, 1.54) is 18.6 Å². The Kier molecular flexibility index (Phi) is 3.79. The molecule has 1 aliphatic heterocycles. The molecule has 1 aromatic carbocycles. The summed E-state index contributed by atoms with van der Waals surface area (Å²) in [6, 6.07) is 4.58. The van der Waals surface area contributed by atoms with Crippen LogP contribution in [0.1, 0.15) is 6.42 Å². The highest BCUT2D eigenvalue weighted by Crippen LogP contribution is 2.24. The summed E-state index contributed by atoms with van der Waals surface area (Å²) in [6.45, 7) is 2.17. The van der Waals surface area contributed by atoms with Crippen molar-refractivity contribution in [2.45, 2.75) is 11.4 Å². The number of fused-ring (bicyclic) bond motifs is 1. The molecule has 3 rings (SSSR count). The standard InChI is InChI=1S/C13H14N4O2S/c18-17(19)10-1-2-11-12(5-10)15-7-13(16-11)20-8-9-3-4-14-6-9/h1-2,5,7,9,14H,3-4,6,8H2/t9-/m0/s1. The van der Waals surface area contributed by atoms with Crippen LogP contribution in [0.4, 0.5) is 5.69 Å². The molecule has 104 valence electrons. The van der Waals surface area contributed by atoms with Gasteiger partial charge < -0.3 is 5.32 Å². The zero-order valence-electron chi connectivity index (χ0n) is 10.8. The summed E-state index contributed by atoms with van der Waals surface area (Å²) in [5.74, 6) is 1.72. The van der Waals surface area contributed by atoms with Crippen molar-refractivity contribution in [3.63, 3.8) is 0 Å². The van der Waals surface area contributed by atoms with E-state index in [0.29, 0.717) is 17.0 Å². The molecule has 2 heterocycles. The van der Waals surface area contributed by atoms with Gasteiger partial charge in [0.15, 0.2) is 0 Å². The van der Waals surface area contributed by atoms with Gasteiger partial charge in [0, 0.05) is 17.9 Å². The number of nitrogens with one attached hydrogen (secondary N) is 1. The first kappa shape index (κ1) is 13.3. The summed E-state index contributed by atoms with van der Waals surface area (Å²) < 4.78 is 0. The SMILES string of the molecule is O=[N+]([O-])c1ccc2nc(SC[C@H]3CCNC3)cnc2c1. The van der Waals surface area contributed by atoms with Gasteiger partial charge in [-0.1, -0.05) is 0 Å². The van der Waals surface area contributed by atoms with Crippen molar-refractivity contribution in [3.05, 3.63) is 34.5 Å². The summed E-state index contributed by atoms with van der Waals surface area (Å²) in [5.41, 5.74) is 1.31. The first-order valence-corrected chi connectivity index (χ1v) is 7.45. The van der Waals surface area contributed by atoms with E-state index in [4.69, 9.17) is 0 Å². The van der Waals surface area contributed by atoms with E-state index >= 15 is 0 Å². The van der Waals surface area contributed by atoms with Crippen LogP contribution < -0.4 is 5.32 Å². The number of non-ortho nitro benzene ring substituents is 1. The maximum atomic E-state index is 10.7. The molecule has 1 atom stereocenters. The predicted molar refractivity (Wildman–Crippen MR) is 77.9 cm³/mol. The summed E-state index contributed by atoms with van der Waals surface area (Å²) in [5, 5.41) is 14.9. The number of hydrogen-bond donors (Lipinski definition) is 1. The molecule has 1 aliphatic rings. The average Bonchev–Trinajstić information content (AvgIpc) is 2.97. The van der Waals surface area contributed by atoms with Crippen LogP contribution in [0.5, 0.6) is 0 Å². The maximum Gasteiger partial charge on any atom is 0.271 e. The van der Waals surface area contributed by atoms with E-state index in [-0.39, 0.29) is 5.69 Å². The molecule has 1 fully saturated rings. The van der Waals surface area contributed by atoms with Crippen molar-refractivity contribution in [1.82, 2.24) is 15.3 Å². The molecule has 0 saturated carbocycles. The van der Waals surface area contributed by atoms with Gasteiger partial charge >= 0.3 is 0 Å². The van der Waals surface area contributed by atoms with Crippen LogP contribution in [0.3, 0.4) is 0 Å². The third-order valence-electron chi connectivity index (χ3n) is 3.34. The molecular formula is C13H14N4O2S. The van der Waals surface area contributed by atoms with Crippen LogP contribution in [0, 0.1) is 16.0 Å². The van der Waals surface area contributed by atoms with E-state index < -0.39 is 4.92 Å². The number of rotatable bonds is 4. The minimum atomic E-state index is -0.420. The molecule has 0 aliphatic carbocycles. The first-order valence-electron chi connectivity index (χ1n) is 6.47. The largest absolute Gasteiger partial charge is 0.316 e. The second-order valence-electron chi connectivity index (χ2n) is 4.81. The van der Waals surface area contributed by atoms with Gasteiger partial charge in [0.25, 0.3) is 5.69 Å². The van der Waals surface area contributed by atoms with Gasteiger partial charge in [-0.25, -0.2) is 4.98 Å². The molecule has 0 amide bonds. The fourth-order valence-electron chi connectivity index (χ4n) is 2.23. The third kappa shape index (κ3) is 2.88. The molecule has 6 nitrogen and oxygen atoms in total. The molecule has 1 N–H and O–H groups in total. The van der Waals surface area contributed by atoms with Crippen LogP contribution in [0.15, 0.2) is 29.4 Å². The molecule has 0 spiro atoms. The monoisotopic (exact) mass is 290 g/mol. The predicted octanol–water partition coefficient (Wildman–Crippen LogP) is 2.24. The quantitative estimate of drug-likeness (QED) is 0.528. The fraction of sp³-hybridized carbons (Fsp3) is 0.385. The Hall–Kier alpha value is -1.73. The summed E-state index contributed by atoms with van der Waals surface area (Å²) in [7, 11) is 0. The molecule has 1 aromatic heterocycles. The Morgan fingerprint density at radius 3 is 3.10 bits per heavy atom. The van der Waals surface area contributed by atoms with Crippen LogP contribution in [0.2, 0.25) is 0 Å². The third-order valence-corrected chi connectivity index (χ3v) is 4.47. The minimum Gasteiger partial charge on any atom is -0.316 e. The highest BCUT2D eigenvalue weighted by molar-refractivity contribution is 7.99. The molecule has 0 bridgehead atoms. The van der Waals surface area contributed by atoms with Crippen molar-refractivity contribution in [2.75, 3.05) is 18.8 Å². The van der Waals surface area contributed by atoms with Crippen LogP contribution in [0.25, 0.3) is 11.0 Å². The summed E-state index contributed by atoms with van der Waals surface area (Å²) in [4.78, 5) is 19.0. The van der Waals surface area contributed by atoms with Gasteiger partial charge in [-0.15, -0.1) is 11.8 Å². The number of nitro benzene ring substituents is 1. The van der Waals surface area contributed by atoms with E-state index in [1.54, 1.807) is 24.0 Å². The molecule has 1 saturated heterocycles. The van der Waals surface area contributed by atoms with Gasteiger partial charge in [-0.05, 0) is 31.5 Å². The van der Waals surface area contributed by atoms with Crippen LogP contribution >= 0.6 is 11.8 Å². The lowest BCUT2D eigenvalue weighted by molar-refractivity contribution is -0.384. The van der Waals surface area contributed by atoms with Crippen molar-refractivity contribution in [2.24, 2.45) is 5.92 Å². The van der Waals surface area contributed by atoms with Crippen molar-refractivity contribution in [3.8, 4) is 0 Å². The molecule has 20 heavy (non-hydrogen) atoms. The minimum absolute atomic E-state index is 0.0456. The zero-order chi connectivity index (χ0) is 13.9. The van der Waals surface area contributed by atoms with Crippen LogP contribution in [-0.4, -0.2) is 33.7 Å². The van der Waals surface area contributed by atoms with Crippen molar-refractivity contribution < 1.29 is 4.92 Å². The van der Waals surface area contributed by atoms with E-state index in [2.05, 4.69) is 15.3 Å². The summed E-state index contributed by atoms with van der Waals surface area (Å²) >= 11 is 1.70. The number of aromatic nitrogens is 2. The highest BCUT2D eigenvalue weighted by Gasteiger charge is 2.15. The molecule has 2 aromatic rings. The lowest BCUT2D eigenvalue weighted by Crippen LogP contribution is -2.10. The smallest absolute Gasteiger partial charge is 0.271 e. The number of nitrogens with zero attached hydrogens (tertiary/aromatic N) is 3. The van der Waals surface area contributed by atoms with Gasteiger partial charge in [0.2, 0.25) is 0 Å². The Labute approximate surface area is 120 Å². The number of thioether (sulfide) groups is 1. The lowest BCUT2D eigenvalue weighted by atomic mass is 10.2. The lowest BCUT2D eigenvalue weighted by Gasteiger charge is -2.07. The fourth-order valence-corrected chi connectivity index (χ4v) is 3.21. The Morgan fingerprint density at radius 1 is 1.45 bits per heavy atom. The van der Waals surface area contributed by atoms with Crippen molar-refractivity contribution in [1.29, 1.82) is 0 Å². The van der Waals surface area contributed by atoms with Gasteiger partial charge in [-0.3, -0.25) is 15.1 Å². The van der Waals surface area contributed by atoms with Crippen molar-refractivity contribution >= 4 is 28.5 Å². The van der Waals surface area contributed by atoms with E-state index in [9.17, 15) is 10.1 Å². The highest BCUT2D eigenvalue weighted by atomic mass is 32.2. The topological polar surface area (TPSA) is 81.0 Å². The number of nitro groups is 1. The Balaban J connectivity index is 1.76. The van der Waals surface area contributed by atoms with Crippen LogP contribution in [-0.2, 0) is 0 Å². The molecule has 0 unspecified atom stereocenters. The number of benzene rings is 1. The summed E-state index contributed by atoms with van der Waals surface area (Å²) in [6.07, 6.45) is 2.90. The Morgan fingerprint density at radius 2 is 2.35 bits per heavy atom. The zero-order valence-corrected chi connectivity index (χ0v) is 11.6.